The molecule has 0 unspecified atom stereocenters. The van der Waals surface area contributed by atoms with Gasteiger partial charge in [-0.25, -0.2) is 13.6 Å². The lowest BCUT2D eigenvalue weighted by Gasteiger charge is -2.06. The molecule has 0 saturated heterocycles. The molecule has 2 aromatic rings. The summed E-state index contributed by atoms with van der Waals surface area (Å²) in [6, 6.07) is 5.35. The van der Waals surface area contributed by atoms with Crippen LogP contribution < -0.4 is 10.5 Å². The van der Waals surface area contributed by atoms with Gasteiger partial charge in [-0.2, -0.15) is 10.5 Å². The number of hydrogen-bond donors (Lipinski definition) is 4. The number of nitriles is 1. The Morgan fingerprint density at radius 3 is 2.81 bits per heavy atom. The van der Waals surface area contributed by atoms with Crippen LogP contribution in [-0.2, 0) is 10.0 Å². The molecular weight excluding hydrogens is 298 g/mol. The molecule has 2 rings (SSSR count). The minimum Gasteiger partial charge on any atom is -0.506 e. The molecule has 0 aliphatic heterocycles. The van der Waals surface area contributed by atoms with Crippen LogP contribution >= 0.6 is 0 Å². The summed E-state index contributed by atoms with van der Waals surface area (Å²) >= 11 is 0. The Bertz CT molecular complexity index is 821. The molecular formula is C10H9N7O3S. The second-order valence-electron chi connectivity index (χ2n) is 3.77. The summed E-state index contributed by atoms with van der Waals surface area (Å²) in [6.45, 7) is 0. The Morgan fingerprint density at radius 2 is 2.29 bits per heavy atom. The molecule has 10 nitrogen and oxygen atoms in total. The van der Waals surface area contributed by atoms with E-state index in [1.807, 2.05) is 6.07 Å². The van der Waals surface area contributed by atoms with Crippen LogP contribution in [0.15, 0.2) is 29.3 Å². The number of H-pyrrole nitrogens is 1. The van der Waals surface area contributed by atoms with Crippen molar-refractivity contribution in [1.29, 1.82) is 5.26 Å². The third-order valence-electron chi connectivity index (χ3n) is 2.38. The molecule has 0 bridgehead atoms. The quantitative estimate of drug-likeness (QED) is 0.433. The topological polar surface area (TPSA) is 171 Å². The number of rotatable bonds is 4. The number of allylic oxidation sites excluding steroid dienone is 1. The largest absolute Gasteiger partial charge is 0.506 e. The normalized spacial score (nSPS) is 11.9. The SMILES string of the molecule is N#CC(=CNc1ccc(S(N)(=O)=O)cc1O)c1nn[nH]n1. The van der Waals surface area contributed by atoms with Gasteiger partial charge in [-0.1, -0.05) is 0 Å². The van der Waals surface area contributed by atoms with Crippen LogP contribution in [0.1, 0.15) is 5.82 Å². The van der Waals surface area contributed by atoms with Crippen molar-refractivity contribution in [2.45, 2.75) is 4.90 Å². The number of anilines is 1. The molecule has 1 aromatic heterocycles. The number of aromatic hydroxyl groups is 1. The van der Waals surface area contributed by atoms with Crippen molar-refractivity contribution in [2.24, 2.45) is 5.14 Å². The summed E-state index contributed by atoms with van der Waals surface area (Å²) in [5, 5.41) is 39.0. The summed E-state index contributed by atoms with van der Waals surface area (Å²) in [7, 11) is -3.90. The van der Waals surface area contributed by atoms with E-state index in [0.717, 1.165) is 6.07 Å². The maximum Gasteiger partial charge on any atom is 0.238 e. The highest BCUT2D eigenvalue weighted by Gasteiger charge is 2.11. The van der Waals surface area contributed by atoms with Crippen LogP contribution in [0.3, 0.4) is 0 Å². The zero-order valence-electron chi connectivity index (χ0n) is 10.3. The van der Waals surface area contributed by atoms with Crippen LogP contribution in [0.2, 0.25) is 0 Å². The average molecular weight is 307 g/mol. The Balaban J connectivity index is 2.27. The molecule has 0 aliphatic rings. The smallest absolute Gasteiger partial charge is 0.238 e. The van der Waals surface area contributed by atoms with Gasteiger partial charge >= 0.3 is 0 Å². The number of nitrogens with one attached hydrogen (secondary N) is 2. The second kappa shape index (κ2) is 5.57. The summed E-state index contributed by atoms with van der Waals surface area (Å²) < 4.78 is 22.3. The third-order valence-corrected chi connectivity index (χ3v) is 3.29. The van der Waals surface area contributed by atoms with Gasteiger partial charge in [0.15, 0.2) is 0 Å². The molecule has 108 valence electrons. The molecule has 0 aliphatic carbocycles. The van der Waals surface area contributed by atoms with E-state index < -0.39 is 10.0 Å². The number of phenolic OH excluding ortho intramolecular Hbond substituents is 1. The molecule has 0 atom stereocenters. The number of phenols is 1. The zero-order chi connectivity index (χ0) is 15.5. The van der Waals surface area contributed by atoms with Crippen molar-refractivity contribution in [1.82, 2.24) is 20.6 Å². The molecule has 1 aromatic carbocycles. The molecule has 0 saturated carbocycles. The maximum atomic E-state index is 11.1. The molecule has 21 heavy (non-hydrogen) atoms. The Kier molecular flexibility index (Phi) is 3.83. The van der Waals surface area contributed by atoms with Crippen LogP contribution in [0.4, 0.5) is 5.69 Å². The minimum atomic E-state index is -3.90. The number of aromatic nitrogens is 4. The van der Waals surface area contributed by atoms with Crippen LogP contribution in [0.25, 0.3) is 5.57 Å². The highest BCUT2D eigenvalue weighted by atomic mass is 32.2. The Morgan fingerprint density at radius 1 is 1.52 bits per heavy atom. The van der Waals surface area contributed by atoms with Gasteiger partial charge in [-0.05, 0) is 17.3 Å². The van der Waals surface area contributed by atoms with E-state index in [2.05, 4.69) is 25.9 Å². The monoisotopic (exact) mass is 307 g/mol. The molecule has 0 amide bonds. The fourth-order valence-electron chi connectivity index (χ4n) is 1.38. The number of benzene rings is 1. The maximum absolute atomic E-state index is 11.1. The van der Waals surface area contributed by atoms with Gasteiger partial charge in [0.1, 0.15) is 17.4 Å². The van der Waals surface area contributed by atoms with Gasteiger partial charge in [-0.3, -0.25) is 0 Å². The number of primary sulfonamides is 1. The van der Waals surface area contributed by atoms with Gasteiger partial charge < -0.3 is 10.4 Å². The van der Waals surface area contributed by atoms with Crippen molar-refractivity contribution in [3.63, 3.8) is 0 Å². The van der Waals surface area contributed by atoms with E-state index in [4.69, 9.17) is 10.4 Å². The van der Waals surface area contributed by atoms with Crippen molar-refractivity contribution in [3.05, 3.63) is 30.2 Å². The van der Waals surface area contributed by atoms with Gasteiger partial charge in [0, 0.05) is 12.3 Å². The zero-order valence-corrected chi connectivity index (χ0v) is 11.2. The van der Waals surface area contributed by atoms with Crippen molar-refractivity contribution < 1.29 is 13.5 Å². The Hall–Kier alpha value is -2.97. The van der Waals surface area contributed by atoms with E-state index in [0.29, 0.717) is 0 Å². The van der Waals surface area contributed by atoms with Gasteiger partial charge in [0.05, 0.1) is 10.6 Å². The highest BCUT2D eigenvalue weighted by molar-refractivity contribution is 7.89. The van der Waals surface area contributed by atoms with Gasteiger partial charge in [-0.15, -0.1) is 10.2 Å². The molecule has 0 fully saturated rings. The molecule has 0 radical (unpaired) electrons. The number of nitrogens with two attached hydrogens (primary N) is 1. The second-order valence-corrected chi connectivity index (χ2v) is 5.33. The summed E-state index contributed by atoms with van der Waals surface area (Å²) in [5.74, 6) is -0.270. The highest BCUT2D eigenvalue weighted by Crippen LogP contribution is 2.26. The van der Waals surface area contributed by atoms with Gasteiger partial charge in [0.25, 0.3) is 0 Å². The number of aromatic amines is 1. The first-order valence-electron chi connectivity index (χ1n) is 5.38. The predicted octanol–water partition coefficient (Wildman–Crippen LogP) is -0.471. The summed E-state index contributed by atoms with van der Waals surface area (Å²) in [6.07, 6.45) is 1.25. The van der Waals surface area contributed by atoms with E-state index in [1.54, 1.807) is 0 Å². The van der Waals surface area contributed by atoms with E-state index in [9.17, 15) is 13.5 Å². The van der Waals surface area contributed by atoms with Crippen LogP contribution in [-0.4, -0.2) is 34.1 Å². The fraction of sp³-hybridized carbons (Fsp3) is 0. The molecule has 11 heteroatoms. The third kappa shape index (κ3) is 3.32. The van der Waals surface area contributed by atoms with Crippen LogP contribution in [0, 0.1) is 11.3 Å². The lowest BCUT2D eigenvalue weighted by molar-refractivity contribution is 0.475. The van der Waals surface area contributed by atoms with Crippen molar-refractivity contribution >= 4 is 21.3 Å². The van der Waals surface area contributed by atoms with E-state index in [1.165, 1.54) is 18.3 Å². The molecule has 5 N–H and O–H groups in total. The first-order valence-corrected chi connectivity index (χ1v) is 6.93. The Labute approximate surface area is 119 Å². The lowest BCUT2D eigenvalue weighted by atomic mass is 10.2. The van der Waals surface area contributed by atoms with Gasteiger partial charge in [0.2, 0.25) is 15.8 Å². The lowest BCUT2D eigenvalue weighted by Crippen LogP contribution is -2.11. The number of tetrazole rings is 1. The average Bonchev–Trinajstić information content (AvgIpc) is 2.94. The standard InChI is InChI=1S/C10H9N7O3S/c11-4-6(10-14-16-17-15-10)5-13-8-2-1-7(3-9(8)18)21(12,19)20/h1-3,5,13,18H,(H2,12,19,20)(H,14,15,16,17). The van der Waals surface area contributed by atoms with Crippen molar-refractivity contribution in [3.8, 4) is 11.8 Å². The number of sulfonamides is 1. The summed E-state index contributed by atoms with van der Waals surface area (Å²) in [5.41, 5.74) is 0.248. The van der Waals surface area contributed by atoms with E-state index in [-0.39, 0.29) is 27.7 Å². The minimum absolute atomic E-state index is 0.0682. The predicted molar refractivity (Wildman–Crippen MR) is 70.9 cm³/mol. The van der Waals surface area contributed by atoms with E-state index >= 15 is 0 Å². The number of hydrogen-bond acceptors (Lipinski definition) is 8. The van der Waals surface area contributed by atoms with Crippen molar-refractivity contribution in [2.75, 3.05) is 5.32 Å². The van der Waals surface area contributed by atoms with Crippen LogP contribution in [0.5, 0.6) is 5.75 Å². The first-order chi connectivity index (χ1) is 9.91. The fourth-order valence-corrected chi connectivity index (χ4v) is 1.92. The first kappa shape index (κ1) is 14.4. The number of nitrogens with zero attached hydrogens (tertiary/aromatic N) is 4. The molecule has 0 spiro atoms. The molecule has 1 heterocycles. The summed E-state index contributed by atoms with van der Waals surface area (Å²) in [4.78, 5) is -0.229.